The Bertz CT molecular complexity index is 396. The second-order valence-electron chi connectivity index (χ2n) is 4.74. The first kappa shape index (κ1) is 17.1. The molecule has 0 saturated carbocycles. The third-order valence-corrected chi connectivity index (χ3v) is 4.07. The van der Waals surface area contributed by atoms with Crippen LogP contribution in [-0.4, -0.2) is 40.5 Å². The Morgan fingerprint density at radius 2 is 1.95 bits per heavy atom. The standard InChI is InChI=1S/C13H25BrN6/c1-4-20(5-2)8-6-7-10(3)18-12-11(14)13(19-15)17-9-16-12/h9-10H,4-8,15H2,1-3H3,(H2,16,17,18,19). The fourth-order valence-corrected chi connectivity index (χ4v) is 2.47. The van der Waals surface area contributed by atoms with Crippen molar-refractivity contribution in [2.75, 3.05) is 30.4 Å². The van der Waals surface area contributed by atoms with Crippen molar-refractivity contribution >= 4 is 27.6 Å². The molecule has 0 fully saturated rings. The second-order valence-corrected chi connectivity index (χ2v) is 5.54. The molecule has 0 aromatic carbocycles. The van der Waals surface area contributed by atoms with Crippen LogP contribution in [0, 0.1) is 0 Å². The second kappa shape index (κ2) is 9.10. The monoisotopic (exact) mass is 344 g/mol. The van der Waals surface area contributed by atoms with Gasteiger partial charge in [-0.25, -0.2) is 15.8 Å². The summed E-state index contributed by atoms with van der Waals surface area (Å²) < 4.78 is 0.762. The topological polar surface area (TPSA) is 79.1 Å². The van der Waals surface area contributed by atoms with E-state index in [1.807, 2.05) is 0 Å². The molecule has 0 amide bonds. The summed E-state index contributed by atoms with van der Waals surface area (Å²) in [6.45, 7) is 9.92. The van der Waals surface area contributed by atoms with E-state index in [1.165, 1.54) is 12.7 Å². The summed E-state index contributed by atoms with van der Waals surface area (Å²) >= 11 is 3.45. The number of nitrogens with two attached hydrogens (primary N) is 1. The first-order valence-corrected chi connectivity index (χ1v) is 7.87. The van der Waals surface area contributed by atoms with Gasteiger partial charge in [0.15, 0.2) is 5.82 Å². The third-order valence-electron chi connectivity index (χ3n) is 3.32. The SMILES string of the molecule is CCN(CC)CCCC(C)Nc1ncnc(NN)c1Br. The Balaban J connectivity index is 2.44. The molecule has 0 bridgehead atoms. The number of anilines is 2. The minimum atomic E-state index is 0.349. The maximum absolute atomic E-state index is 5.39. The number of nitrogens with one attached hydrogen (secondary N) is 2. The quantitative estimate of drug-likeness (QED) is 0.471. The van der Waals surface area contributed by atoms with Crippen LogP contribution in [-0.2, 0) is 0 Å². The summed E-state index contributed by atoms with van der Waals surface area (Å²) in [7, 11) is 0. The van der Waals surface area contributed by atoms with E-state index in [2.05, 4.69) is 62.3 Å². The Kier molecular flexibility index (Phi) is 7.79. The van der Waals surface area contributed by atoms with Crippen LogP contribution in [0.1, 0.15) is 33.6 Å². The molecular weight excluding hydrogens is 320 g/mol. The molecule has 7 heteroatoms. The van der Waals surface area contributed by atoms with Crippen molar-refractivity contribution < 1.29 is 0 Å². The van der Waals surface area contributed by atoms with Gasteiger partial charge in [0.05, 0.1) is 0 Å². The lowest BCUT2D eigenvalue weighted by atomic mass is 10.1. The number of rotatable bonds is 9. The van der Waals surface area contributed by atoms with Gasteiger partial charge in [0, 0.05) is 6.04 Å². The average molecular weight is 345 g/mol. The number of hydrazine groups is 1. The van der Waals surface area contributed by atoms with E-state index in [-0.39, 0.29) is 0 Å². The molecule has 0 aliphatic rings. The van der Waals surface area contributed by atoms with Gasteiger partial charge in [-0.2, -0.15) is 0 Å². The summed E-state index contributed by atoms with van der Waals surface area (Å²) in [5.41, 5.74) is 2.54. The lowest BCUT2D eigenvalue weighted by Crippen LogP contribution is -2.26. The predicted octanol–water partition coefficient (Wildman–Crippen LogP) is 2.45. The Labute approximate surface area is 129 Å². The fraction of sp³-hybridized carbons (Fsp3) is 0.692. The molecule has 1 aromatic rings. The largest absolute Gasteiger partial charge is 0.367 e. The van der Waals surface area contributed by atoms with E-state index in [1.54, 1.807) is 0 Å². The van der Waals surface area contributed by atoms with Gasteiger partial charge in [0.25, 0.3) is 0 Å². The van der Waals surface area contributed by atoms with Gasteiger partial charge in [-0.3, -0.25) is 0 Å². The highest BCUT2D eigenvalue weighted by molar-refractivity contribution is 9.10. The number of halogens is 1. The summed E-state index contributed by atoms with van der Waals surface area (Å²) in [6.07, 6.45) is 3.75. The van der Waals surface area contributed by atoms with E-state index in [9.17, 15) is 0 Å². The summed E-state index contributed by atoms with van der Waals surface area (Å²) in [5.74, 6) is 6.74. The zero-order valence-electron chi connectivity index (χ0n) is 12.5. The summed E-state index contributed by atoms with van der Waals surface area (Å²) in [6, 6.07) is 0.349. The maximum Gasteiger partial charge on any atom is 0.159 e. The van der Waals surface area contributed by atoms with Crippen molar-refractivity contribution in [2.45, 2.75) is 39.7 Å². The van der Waals surface area contributed by atoms with E-state index >= 15 is 0 Å². The zero-order chi connectivity index (χ0) is 15.0. The van der Waals surface area contributed by atoms with Crippen LogP contribution >= 0.6 is 15.9 Å². The Morgan fingerprint density at radius 3 is 2.55 bits per heavy atom. The molecule has 1 aromatic heterocycles. The van der Waals surface area contributed by atoms with Crippen molar-refractivity contribution in [2.24, 2.45) is 5.84 Å². The highest BCUT2D eigenvalue weighted by atomic mass is 79.9. The molecule has 1 heterocycles. The molecule has 20 heavy (non-hydrogen) atoms. The van der Waals surface area contributed by atoms with Crippen LogP contribution in [0.25, 0.3) is 0 Å². The molecule has 0 radical (unpaired) electrons. The van der Waals surface area contributed by atoms with Gasteiger partial charge < -0.3 is 15.6 Å². The molecule has 4 N–H and O–H groups in total. The van der Waals surface area contributed by atoms with Crippen LogP contribution in [0.15, 0.2) is 10.8 Å². The number of hydrogen-bond donors (Lipinski definition) is 3. The molecule has 1 unspecified atom stereocenters. The van der Waals surface area contributed by atoms with Gasteiger partial charge >= 0.3 is 0 Å². The minimum absolute atomic E-state index is 0.349. The molecule has 1 rings (SSSR count). The normalized spacial score (nSPS) is 12.5. The highest BCUT2D eigenvalue weighted by Crippen LogP contribution is 2.26. The average Bonchev–Trinajstić information content (AvgIpc) is 2.46. The molecule has 1 atom stereocenters. The van der Waals surface area contributed by atoms with Gasteiger partial charge in [-0.15, -0.1) is 0 Å². The van der Waals surface area contributed by atoms with Crippen molar-refractivity contribution in [3.05, 3.63) is 10.8 Å². The molecular formula is C13H25BrN6. The zero-order valence-corrected chi connectivity index (χ0v) is 14.1. The number of nitrogens with zero attached hydrogens (tertiary/aromatic N) is 3. The van der Waals surface area contributed by atoms with Crippen LogP contribution in [0.2, 0.25) is 0 Å². The fourth-order valence-electron chi connectivity index (χ4n) is 2.04. The minimum Gasteiger partial charge on any atom is -0.367 e. The number of hydrogen-bond acceptors (Lipinski definition) is 6. The Morgan fingerprint density at radius 1 is 1.30 bits per heavy atom. The van der Waals surface area contributed by atoms with Crippen molar-refractivity contribution in [3.63, 3.8) is 0 Å². The van der Waals surface area contributed by atoms with Crippen molar-refractivity contribution in [1.82, 2.24) is 14.9 Å². The first-order chi connectivity index (χ1) is 9.62. The van der Waals surface area contributed by atoms with E-state index in [0.717, 1.165) is 36.3 Å². The highest BCUT2D eigenvalue weighted by Gasteiger charge is 2.10. The van der Waals surface area contributed by atoms with E-state index < -0.39 is 0 Å². The summed E-state index contributed by atoms with van der Waals surface area (Å²) in [4.78, 5) is 10.7. The van der Waals surface area contributed by atoms with Crippen LogP contribution in [0.5, 0.6) is 0 Å². The smallest absolute Gasteiger partial charge is 0.159 e. The Hall–Kier alpha value is -0.920. The molecule has 6 nitrogen and oxygen atoms in total. The number of nitrogen functional groups attached to an aromatic ring is 1. The molecule has 0 aliphatic carbocycles. The van der Waals surface area contributed by atoms with Gasteiger partial charge in [-0.1, -0.05) is 13.8 Å². The lowest BCUT2D eigenvalue weighted by molar-refractivity contribution is 0.295. The lowest BCUT2D eigenvalue weighted by Gasteiger charge is -2.20. The van der Waals surface area contributed by atoms with Crippen LogP contribution in [0.4, 0.5) is 11.6 Å². The van der Waals surface area contributed by atoms with Crippen molar-refractivity contribution in [3.8, 4) is 0 Å². The van der Waals surface area contributed by atoms with Gasteiger partial charge in [-0.05, 0) is 55.3 Å². The first-order valence-electron chi connectivity index (χ1n) is 7.08. The van der Waals surface area contributed by atoms with Crippen LogP contribution < -0.4 is 16.6 Å². The third kappa shape index (κ3) is 5.22. The molecule has 0 spiro atoms. The molecule has 114 valence electrons. The van der Waals surface area contributed by atoms with Gasteiger partial charge in [0.2, 0.25) is 0 Å². The van der Waals surface area contributed by atoms with Gasteiger partial charge in [0.1, 0.15) is 16.6 Å². The molecule has 0 saturated heterocycles. The van der Waals surface area contributed by atoms with Crippen LogP contribution in [0.3, 0.4) is 0 Å². The summed E-state index contributed by atoms with van der Waals surface area (Å²) in [5, 5.41) is 3.38. The molecule has 0 aliphatic heterocycles. The predicted molar refractivity (Wildman–Crippen MR) is 87.6 cm³/mol. The van der Waals surface area contributed by atoms with Crippen molar-refractivity contribution in [1.29, 1.82) is 0 Å². The van der Waals surface area contributed by atoms with E-state index in [0.29, 0.717) is 11.9 Å². The van der Waals surface area contributed by atoms with E-state index in [4.69, 9.17) is 5.84 Å². The maximum atomic E-state index is 5.39. The number of aromatic nitrogens is 2.